The normalized spacial score (nSPS) is 25.2. The second-order valence-corrected chi connectivity index (χ2v) is 5.76. The van der Waals surface area contributed by atoms with Crippen molar-refractivity contribution in [3.8, 4) is 5.75 Å². The first-order valence-corrected chi connectivity index (χ1v) is 7.63. The number of carbonyl (C=O) groups is 1. The quantitative estimate of drug-likeness (QED) is 0.862. The van der Waals surface area contributed by atoms with E-state index in [2.05, 4.69) is 10.2 Å². The van der Waals surface area contributed by atoms with Crippen LogP contribution in [0, 0.1) is 0 Å². The number of nitrogens with zero attached hydrogens (tertiary/aromatic N) is 1. The SMILES string of the molecule is COc1ccc(C=CC(=O)N[C@@H]2CCN3CCC[C@@H]23)cc1. The zero-order chi connectivity index (χ0) is 14.7. The zero-order valence-corrected chi connectivity index (χ0v) is 12.4. The van der Waals surface area contributed by atoms with Crippen LogP contribution in [0.5, 0.6) is 5.75 Å². The van der Waals surface area contributed by atoms with Crippen molar-refractivity contribution in [1.82, 2.24) is 10.2 Å². The molecule has 4 heteroatoms. The van der Waals surface area contributed by atoms with Gasteiger partial charge in [-0.05, 0) is 49.6 Å². The molecule has 1 aromatic rings. The minimum Gasteiger partial charge on any atom is -0.497 e. The van der Waals surface area contributed by atoms with Crippen LogP contribution >= 0.6 is 0 Å². The fourth-order valence-electron chi connectivity index (χ4n) is 3.37. The Labute approximate surface area is 125 Å². The summed E-state index contributed by atoms with van der Waals surface area (Å²) in [6.07, 6.45) is 7.02. The summed E-state index contributed by atoms with van der Waals surface area (Å²) in [6, 6.07) is 8.55. The van der Waals surface area contributed by atoms with E-state index in [4.69, 9.17) is 4.74 Å². The Morgan fingerprint density at radius 3 is 2.86 bits per heavy atom. The molecule has 0 radical (unpaired) electrons. The van der Waals surface area contributed by atoms with Crippen LogP contribution in [0.3, 0.4) is 0 Å². The van der Waals surface area contributed by atoms with Gasteiger partial charge in [0.1, 0.15) is 5.75 Å². The van der Waals surface area contributed by atoms with Crippen molar-refractivity contribution >= 4 is 12.0 Å². The topological polar surface area (TPSA) is 41.6 Å². The van der Waals surface area contributed by atoms with E-state index in [-0.39, 0.29) is 5.91 Å². The lowest BCUT2D eigenvalue weighted by atomic mass is 10.1. The van der Waals surface area contributed by atoms with Crippen LogP contribution in [0.4, 0.5) is 0 Å². The molecule has 0 spiro atoms. The molecule has 4 nitrogen and oxygen atoms in total. The summed E-state index contributed by atoms with van der Waals surface area (Å²) in [6.45, 7) is 2.32. The molecule has 2 aliphatic heterocycles. The first-order valence-electron chi connectivity index (χ1n) is 7.63. The third-order valence-electron chi connectivity index (χ3n) is 4.48. The summed E-state index contributed by atoms with van der Waals surface area (Å²) in [7, 11) is 1.65. The first kappa shape index (κ1) is 14.1. The molecular weight excluding hydrogens is 264 g/mol. The Bertz CT molecular complexity index is 524. The standard InChI is InChI=1S/C17H22N2O2/c1-21-14-7-4-13(5-8-14)6-9-17(20)18-15-10-12-19-11-2-3-16(15)19/h4-9,15-16H,2-3,10-12H2,1H3,(H,18,20)/t15-,16+/m1/s1. The molecule has 0 aromatic heterocycles. The molecule has 1 amide bonds. The van der Waals surface area contributed by atoms with Crippen LogP contribution in [0.25, 0.3) is 6.08 Å². The van der Waals surface area contributed by atoms with Crippen molar-refractivity contribution in [2.24, 2.45) is 0 Å². The summed E-state index contributed by atoms with van der Waals surface area (Å²) in [4.78, 5) is 14.5. The van der Waals surface area contributed by atoms with E-state index in [0.717, 1.165) is 24.3 Å². The van der Waals surface area contributed by atoms with Gasteiger partial charge in [-0.3, -0.25) is 9.69 Å². The molecule has 0 aliphatic carbocycles. The first-order chi connectivity index (χ1) is 10.3. The summed E-state index contributed by atoms with van der Waals surface area (Å²) >= 11 is 0. The summed E-state index contributed by atoms with van der Waals surface area (Å²) < 4.78 is 5.12. The maximum absolute atomic E-state index is 12.0. The van der Waals surface area contributed by atoms with Gasteiger partial charge in [-0.2, -0.15) is 0 Å². The van der Waals surface area contributed by atoms with Crippen molar-refractivity contribution in [3.63, 3.8) is 0 Å². The van der Waals surface area contributed by atoms with E-state index in [9.17, 15) is 4.79 Å². The monoisotopic (exact) mass is 286 g/mol. The Kier molecular flexibility index (Phi) is 4.25. The minimum absolute atomic E-state index is 0.00423. The molecule has 2 aliphatic rings. The van der Waals surface area contributed by atoms with Gasteiger partial charge in [0.25, 0.3) is 0 Å². The van der Waals surface area contributed by atoms with Crippen molar-refractivity contribution in [3.05, 3.63) is 35.9 Å². The smallest absolute Gasteiger partial charge is 0.244 e. The molecule has 112 valence electrons. The van der Waals surface area contributed by atoms with Gasteiger partial charge in [0.05, 0.1) is 7.11 Å². The summed E-state index contributed by atoms with van der Waals surface area (Å²) in [5.41, 5.74) is 1.000. The third-order valence-corrected chi connectivity index (χ3v) is 4.48. The van der Waals surface area contributed by atoms with Gasteiger partial charge in [-0.25, -0.2) is 0 Å². The van der Waals surface area contributed by atoms with Crippen molar-refractivity contribution < 1.29 is 9.53 Å². The molecule has 0 unspecified atom stereocenters. The highest BCUT2D eigenvalue weighted by Crippen LogP contribution is 2.27. The van der Waals surface area contributed by atoms with Gasteiger partial charge in [-0.1, -0.05) is 12.1 Å². The maximum atomic E-state index is 12.0. The lowest BCUT2D eigenvalue weighted by Gasteiger charge is -2.20. The van der Waals surface area contributed by atoms with Gasteiger partial charge in [0, 0.05) is 24.7 Å². The van der Waals surface area contributed by atoms with E-state index in [1.165, 1.54) is 19.4 Å². The number of methoxy groups -OCH3 is 1. The predicted molar refractivity (Wildman–Crippen MR) is 83.2 cm³/mol. The van der Waals surface area contributed by atoms with E-state index in [1.54, 1.807) is 13.2 Å². The number of benzene rings is 1. The van der Waals surface area contributed by atoms with Crippen LogP contribution in [-0.2, 0) is 4.79 Å². The molecule has 2 heterocycles. The van der Waals surface area contributed by atoms with Crippen LogP contribution in [-0.4, -0.2) is 43.1 Å². The van der Waals surface area contributed by atoms with Crippen LogP contribution in [0.1, 0.15) is 24.8 Å². The van der Waals surface area contributed by atoms with Crippen molar-refractivity contribution in [2.75, 3.05) is 20.2 Å². The number of fused-ring (bicyclic) bond motifs is 1. The number of hydrogen-bond acceptors (Lipinski definition) is 3. The summed E-state index contributed by atoms with van der Waals surface area (Å²) in [5.74, 6) is 0.827. The molecule has 0 saturated carbocycles. The molecule has 0 bridgehead atoms. The molecule has 2 fully saturated rings. The van der Waals surface area contributed by atoms with E-state index in [0.29, 0.717) is 12.1 Å². The number of nitrogens with one attached hydrogen (secondary N) is 1. The number of ether oxygens (including phenoxy) is 1. The molecule has 1 N–H and O–H groups in total. The van der Waals surface area contributed by atoms with Crippen LogP contribution in [0.15, 0.2) is 30.3 Å². The number of rotatable bonds is 4. The molecule has 2 saturated heterocycles. The highest BCUT2D eigenvalue weighted by molar-refractivity contribution is 5.92. The lowest BCUT2D eigenvalue weighted by molar-refractivity contribution is -0.117. The fraction of sp³-hybridized carbons (Fsp3) is 0.471. The van der Waals surface area contributed by atoms with Crippen LogP contribution < -0.4 is 10.1 Å². The van der Waals surface area contributed by atoms with Gasteiger partial charge >= 0.3 is 0 Å². The molecule has 2 atom stereocenters. The second-order valence-electron chi connectivity index (χ2n) is 5.76. The zero-order valence-electron chi connectivity index (χ0n) is 12.4. The van der Waals surface area contributed by atoms with Crippen molar-refractivity contribution in [1.29, 1.82) is 0 Å². The highest BCUT2D eigenvalue weighted by atomic mass is 16.5. The summed E-state index contributed by atoms with van der Waals surface area (Å²) in [5, 5.41) is 3.15. The Morgan fingerprint density at radius 1 is 1.29 bits per heavy atom. The Hall–Kier alpha value is -1.81. The number of amides is 1. The van der Waals surface area contributed by atoms with Crippen LogP contribution in [0.2, 0.25) is 0 Å². The molecule has 3 rings (SSSR count). The fourth-order valence-corrected chi connectivity index (χ4v) is 3.37. The van der Waals surface area contributed by atoms with Gasteiger partial charge in [0.15, 0.2) is 0 Å². The average molecular weight is 286 g/mol. The lowest BCUT2D eigenvalue weighted by Crippen LogP contribution is -2.41. The number of hydrogen-bond donors (Lipinski definition) is 1. The molecule has 21 heavy (non-hydrogen) atoms. The van der Waals surface area contributed by atoms with Gasteiger partial charge in [-0.15, -0.1) is 0 Å². The number of carbonyl (C=O) groups excluding carboxylic acids is 1. The van der Waals surface area contributed by atoms with E-state index >= 15 is 0 Å². The minimum atomic E-state index is 0.00423. The maximum Gasteiger partial charge on any atom is 0.244 e. The van der Waals surface area contributed by atoms with E-state index < -0.39 is 0 Å². The van der Waals surface area contributed by atoms with E-state index in [1.807, 2.05) is 30.3 Å². The third kappa shape index (κ3) is 3.27. The Balaban J connectivity index is 1.54. The highest BCUT2D eigenvalue weighted by Gasteiger charge is 2.37. The molecular formula is C17H22N2O2. The van der Waals surface area contributed by atoms with Gasteiger partial charge < -0.3 is 10.1 Å². The molecule has 1 aromatic carbocycles. The predicted octanol–water partition coefficient (Wildman–Crippen LogP) is 2.06. The van der Waals surface area contributed by atoms with Gasteiger partial charge in [0.2, 0.25) is 5.91 Å². The second kappa shape index (κ2) is 6.31. The Morgan fingerprint density at radius 2 is 2.10 bits per heavy atom. The van der Waals surface area contributed by atoms with Crippen molar-refractivity contribution in [2.45, 2.75) is 31.3 Å². The average Bonchev–Trinajstić information content (AvgIpc) is 3.11. The largest absolute Gasteiger partial charge is 0.497 e.